The number of carbonyl (C=O) groups is 2. The van der Waals surface area contributed by atoms with Crippen molar-refractivity contribution < 1.29 is 9.59 Å². The van der Waals surface area contributed by atoms with Crippen LogP contribution in [0.25, 0.3) is 11.6 Å². The smallest absolute Gasteiger partial charge is 0.257 e. The topological polar surface area (TPSA) is 75.5 Å². The van der Waals surface area contributed by atoms with Crippen molar-refractivity contribution in [3.8, 4) is 0 Å². The zero-order chi connectivity index (χ0) is 22.3. The summed E-state index contributed by atoms with van der Waals surface area (Å²) in [5, 5.41) is 5.70. The summed E-state index contributed by atoms with van der Waals surface area (Å²) < 4.78 is 1.92. The average molecular weight is 425 g/mol. The highest BCUT2D eigenvalue weighted by atomic mass is 16.2. The van der Waals surface area contributed by atoms with Gasteiger partial charge < -0.3 is 15.0 Å². The predicted molar refractivity (Wildman–Crippen MR) is 124 cm³/mol. The van der Waals surface area contributed by atoms with Gasteiger partial charge in [0.25, 0.3) is 11.8 Å². The maximum Gasteiger partial charge on any atom is 0.257 e. The number of amides is 2. The molecule has 32 heavy (non-hydrogen) atoms. The molecular formula is C26H24N4O2. The van der Waals surface area contributed by atoms with Gasteiger partial charge in [-0.25, -0.2) is 4.98 Å². The summed E-state index contributed by atoms with van der Waals surface area (Å²) in [6.07, 6.45) is 3.46. The standard InChI is InChI=1S/C26H24N4O2/c1-19-29-23(24-14-8-9-15-30(19)24)16-22(25(31)27-17-20-10-4-2-5-11-20)26(32)28-18-21-12-6-3-7-13-21/h2-16H,17-18H2,1H3,(H,27,31)(H,28,32). The number of hydrogen-bond donors (Lipinski definition) is 2. The maximum atomic E-state index is 13.0. The first-order valence-electron chi connectivity index (χ1n) is 10.4. The molecule has 0 saturated carbocycles. The number of imidazole rings is 1. The van der Waals surface area contributed by atoms with Crippen LogP contribution in [0.15, 0.2) is 90.6 Å². The molecule has 2 aromatic heterocycles. The largest absolute Gasteiger partial charge is 0.348 e. The summed E-state index contributed by atoms with van der Waals surface area (Å²) in [4.78, 5) is 30.6. The molecule has 0 atom stereocenters. The molecule has 0 saturated heterocycles. The third-order valence-corrected chi connectivity index (χ3v) is 5.12. The van der Waals surface area contributed by atoms with E-state index in [1.807, 2.05) is 96.4 Å². The summed E-state index contributed by atoms with van der Waals surface area (Å²) in [7, 11) is 0. The minimum absolute atomic E-state index is 0.0146. The number of carbonyl (C=O) groups excluding carboxylic acids is 2. The molecule has 2 heterocycles. The molecular weight excluding hydrogens is 400 g/mol. The van der Waals surface area contributed by atoms with E-state index < -0.39 is 11.8 Å². The van der Waals surface area contributed by atoms with Gasteiger partial charge in [-0.05, 0) is 36.3 Å². The molecule has 0 aliphatic heterocycles. The molecule has 0 bridgehead atoms. The lowest BCUT2D eigenvalue weighted by Gasteiger charge is -2.10. The van der Waals surface area contributed by atoms with Crippen molar-refractivity contribution in [3.05, 3.63) is 113 Å². The Labute approximate surface area is 186 Å². The Morgan fingerprint density at radius 1 is 0.812 bits per heavy atom. The van der Waals surface area contributed by atoms with Crippen molar-refractivity contribution in [2.75, 3.05) is 0 Å². The number of aryl methyl sites for hydroxylation is 1. The van der Waals surface area contributed by atoms with Crippen molar-refractivity contribution in [2.45, 2.75) is 20.0 Å². The van der Waals surface area contributed by atoms with Gasteiger partial charge in [0.05, 0.1) is 11.2 Å². The van der Waals surface area contributed by atoms with E-state index >= 15 is 0 Å². The molecule has 0 radical (unpaired) electrons. The lowest BCUT2D eigenvalue weighted by Crippen LogP contribution is -2.34. The zero-order valence-electron chi connectivity index (χ0n) is 17.8. The minimum Gasteiger partial charge on any atom is -0.348 e. The monoisotopic (exact) mass is 424 g/mol. The minimum atomic E-state index is -0.450. The Balaban J connectivity index is 1.61. The first-order valence-corrected chi connectivity index (χ1v) is 10.4. The van der Waals surface area contributed by atoms with Crippen molar-refractivity contribution >= 4 is 23.4 Å². The summed E-state index contributed by atoms with van der Waals surface area (Å²) in [5.41, 5.74) is 3.32. The average Bonchev–Trinajstić information content (AvgIpc) is 3.16. The highest BCUT2D eigenvalue weighted by Crippen LogP contribution is 2.16. The van der Waals surface area contributed by atoms with Crippen LogP contribution >= 0.6 is 0 Å². The molecule has 160 valence electrons. The molecule has 6 nitrogen and oxygen atoms in total. The molecule has 6 heteroatoms. The van der Waals surface area contributed by atoms with Crippen LogP contribution in [0.3, 0.4) is 0 Å². The number of pyridine rings is 1. The van der Waals surface area contributed by atoms with Gasteiger partial charge in [0.15, 0.2) is 0 Å². The second-order valence-electron chi connectivity index (χ2n) is 7.39. The number of nitrogens with one attached hydrogen (secondary N) is 2. The van der Waals surface area contributed by atoms with E-state index in [0.29, 0.717) is 18.8 Å². The Hall–Kier alpha value is -4.19. The molecule has 0 unspecified atom stereocenters. The van der Waals surface area contributed by atoms with Crippen LogP contribution < -0.4 is 10.6 Å². The number of nitrogens with zero attached hydrogens (tertiary/aromatic N) is 2. The molecule has 2 aromatic carbocycles. The van der Waals surface area contributed by atoms with Gasteiger partial charge in [-0.3, -0.25) is 9.59 Å². The highest BCUT2D eigenvalue weighted by Gasteiger charge is 2.20. The van der Waals surface area contributed by atoms with Crippen molar-refractivity contribution in [1.29, 1.82) is 0 Å². The van der Waals surface area contributed by atoms with Gasteiger partial charge in [-0.15, -0.1) is 0 Å². The summed E-state index contributed by atoms with van der Waals surface area (Å²) >= 11 is 0. The second-order valence-corrected chi connectivity index (χ2v) is 7.39. The van der Waals surface area contributed by atoms with Crippen molar-refractivity contribution in [1.82, 2.24) is 20.0 Å². The third kappa shape index (κ3) is 4.92. The van der Waals surface area contributed by atoms with Crippen LogP contribution in [0, 0.1) is 6.92 Å². The van der Waals surface area contributed by atoms with Crippen LogP contribution in [0.2, 0.25) is 0 Å². The predicted octanol–water partition coefficient (Wildman–Crippen LogP) is 3.66. The lowest BCUT2D eigenvalue weighted by atomic mass is 10.1. The van der Waals surface area contributed by atoms with Gasteiger partial charge in [0, 0.05) is 19.3 Å². The van der Waals surface area contributed by atoms with E-state index in [1.54, 1.807) is 6.08 Å². The van der Waals surface area contributed by atoms with E-state index in [9.17, 15) is 9.59 Å². The van der Waals surface area contributed by atoms with Crippen LogP contribution in [0.4, 0.5) is 0 Å². The molecule has 4 rings (SSSR count). The molecule has 2 amide bonds. The highest BCUT2D eigenvalue weighted by molar-refractivity contribution is 6.21. The van der Waals surface area contributed by atoms with Crippen LogP contribution in [-0.4, -0.2) is 21.2 Å². The van der Waals surface area contributed by atoms with E-state index in [1.165, 1.54) is 0 Å². The fourth-order valence-corrected chi connectivity index (χ4v) is 3.44. The number of rotatable bonds is 7. The van der Waals surface area contributed by atoms with Crippen molar-refractivity contribution in [2.24, 2.45) is 0 Å². The van der Waals surface area contributed by atoms with Crippen LogP contribution in [0.1, 0.15) is 22.6 Å². The van der Waals surface area contributed by atoms with Crippen LogP contribution in [0.5, 0.6) is 0 Å². The molecule has 0 fully saturated rings. The number of hydrogen-bond acceptors (Lipinski definition) is 3. The van der Waals surface area contributed by atoms with Gasteiger partial charge >= 0.3 is 0 Å². The molecule has 0 spiro atoms. The fourth-order valence-electron chi connectivity index (χ4n) is 3.44. The van der Waals surface area contributed by atoms with Crippen LogP contribution in [-0.2, 0) is 22.7 Å². The van der Waals surface area contributed by atoms with E-state index in [-0.39, 0.29) is 5.57 Å². The van der Waals surface area contributed by atoms with Gasteiger partial charge in [-0.2, -0.15) is 0 Å². The Kier molecular flexibility index (Phi) is 6.41. The van der Waals surface area contributed by atoms with E-state index in [2.05, 4.69) is 15.6 Å². The summed E-state index contributed by atoms with van der Waals surface area (Å²) in [6, 6.07) is 24.9. The normalized spacial score (nSPS) is 10.5. The fraction of sp³-hybridized carbons (Fsp3) is 0.115. The third-order valence-electron chi connectivity index (χ3n) is 5.12. The molecule has 0 aliphatic rings. The van der Waals surface area contributed by atoms with Gasteiger partial charge in [-0.1, -0.05) is 66.7 Å². The molecule has 4 aromatic rings. The maximum absolute atomic E-state index is 13.0. The van der Waals surface area contributed by atoms with E-state index in [0.717, 1.165) is 22.5 Å². The first kappa shape index (κ1) is 21.1. The summed E-state index contributed by atoms with van der Waals surface area (Å²) in [5.74, 6) is -0.121. The van der Waals surface area contributed by atoms with E-state index in [4.69, 9.17) is 0 Å². The number of aromatic nitrogens is 2. The van der Waals surface area contributed by atoms with Gasteiger partial charge in [0.2, 0.25) is 0 Å². The zero-order valence-corrected chi connectivity index (χ0v) is 17.8. The summed E-state index contributed by atoms with van der Waals surface area (Å²) in [6.45, 7) is 2.53. The SMILES string of the molecule is Cc1nc(C=C(C(=O)NCc2ccccc2)C(=O)NCc2ccccc2)c2ccccn12. The number of fused-ring (bicyclic) bond motifs is 1. The molecule has 2 N–H and O–H groups in total. The Morgan fingerprint density at radius 2 is 1.34 bits per heavy atom. The Bertz CT molecular complexity index is 1200. The van der Waals surface area contributed by atoms with Crippen molar-refractivity contribution in [3.63, 3.8) is 0 Å². The van der Waals surface area contributed by atoms with Gasteiger partial charge in [0.1, 0.15) is 11.4 Å². The molecule has 0 aliphatic carbocycles. The Morgan fingerprint density at radius 3 is 1.91 bits per heavy atom. The lowest BCUT2D eigenvalue weighted by molar-refractivity contribution is -0.123. The second kappa shape index (κ2) is 9.75. The first-order chi connectivity index (χ1) is 15.6. The quantitative estimate of drug-likeness (QED) is 0.270. The number of benzene rings is 2.